The van der Waals surface area contributed by atoms with Crippen molar-refractivity contribution in [3.05, 3.63) is 29.3 Å². The van der Waals surface area contributed by atoms with Crippen molar-refractivity contribution in [1.82, 2.24) is 10.2 Å². The van der Waals surface area contributed by atoms with Crippen LogP contribution in [0.25, 0.3) is 0 Å². The fourth-order valence-electron chi connectivity index (χ4n) is 2.35. The number of nitrogen functional groups attached to an aromatic ring is 1. The number of carbonyl (C=O) groups excluding carboxylic acids is 3. The predicted octanol–water partition coefficient (Wildman–Crippen LogP) is 0.0298. The Hall–Kier alpha value is -2.37. The van der Waals surface area contributed by atoms with Crippen LogP contribution in [0.1, 0.15) is 31.5 Å². The van der Waals surface area contributed by atoms with Crippen LogP contribution in [0.15, 0.2) is 18.2 Å². The van der Waals surface area contributed by atoms with Crippen LogP contribution in [0.5, 0.6) is 0 Å². The average Bonchev–Trinajstić information content (AvgIpc) is 2.76. The molecule has 2 aliphatic heterocycles. The van der Waals surface area contributed by atoms with E-state index in [1.807, 2.05) is 5.32 Å². The van der Waals surface area contributed by atoms with Crippen LogP contribution in [-0.4, -0.2) is 28.7 Å². The number of fused-ring (bicyclic) bond motifs is 1. The topological polar surface area (TPSA) is 92.5 Å². The highest BCUT2D eigenvalue weighted by atomic mass is 16.2. The summed E-state index contributed by atoms with van der Waals surface area (Å²) in [5.74, 6) is -1.93. The van der Waals surface area contributed by atoms with Crippen molar-refractivity contribution < 1.29 is 17.1 Å². The number of benzene rings is 1. The van der Waals surface area contributed by atoms with E-state index in [1.54, 1.807) is 18.2 Å². The molecule has 0 aromatic heterocycles. The Kier molecular flexibility index (Phi) is 2.05. The largest absolute Gasteiger partial charge is 0.398 e. The first kappa shape index (κ1) is 9.55. The molecule has 0 bridgehead atoms. The third-order valence-corrected chi connectivity index (χ3v) is 3.31. The normalized spacial score (nSPS) is 31.7. The number of hydrogen-bond donors (Lipinski definition) is 2. The summed E-state index contributed by atoms with van der Waals surface area (Å²) in [6, 6.07) is 3.75. The zero-order valence-corrected chi connectivity index (χ0v) is 9.92. The number of carbonyl (C=O) groups is 3. The first-order valence-electron chi connectivity index (χ1n) is 6.95. The summed E-state index contributed by atoms with van der Waals surface area (Å²) in [7, 11) is 0. The molecule has 1 saturated heterocycles. The molecule has 2 heterocycles. The molecule has 3 N–H and O–H groups in total. The van der Waals surface area contributed by atoms with Gasteiger partial charge in [-0.2, -0.15) is 0 Å². The smallest absolute Gasteiger partial charge is 0.255 e. The highest BCUT2D eigenvalue weighted by Crippen LogP contribution is 2.30. The highest BCUT2D eigenvalue weighted by molar-refractivity contribution is 6.06. The quantitative estimate of drug-likeness (QED) is 0.551. The van der Waals surface area contributed by atoms with E-state index in [1.165, 1.54) is 4.90 Å². The minimum atomic E-state index is -1.40. The molecule has 1 aromatic carbocycles. The first-order chi connectivity index (χ1) is 9.91. The van der Waals surface area contributed by atoms with E-state index in [4.69, 9.17) is 8.48 Å². The van der Waals surface area contributed by atoms with Gasteiger partial charge in [-0.05, 0) is 18.5 Å². The minimum Gasteiger partial charge on any atom is -0.398 e. The summed E-state index contributed by atoms with van der Waals surface area (Å²) in [4.78, 5) is 36.9. The van der Waals surface area contributed by atoms with Gasteiger partial charge in [-0.25, -0.2) is 0 Å². The summed E-state index contributed by atoms with van der Waals surface area (Å²) in [6.07, 6.45) is -2.72. The van der Waals surface area contributed by atoms with Crippen molar-refractivity contribution in [2.45, 2.75) is 25.4 Å². The van der Waals surface area contributed by atoms with E-state index in [0.717, 1.165) is 0 Å². The number of imide groups is 1. The van der Waals surface area contributed by atoms with Gasteiger partial charge in [-0.3, -0.25) is 19.7 Å². The number of anilines is 1. The lowest BCUT2D eigenvalue weighted by Crippen LogP contribution is -2.52. The SMILES string of the molecule is [2H]C1C(=O)NC(=O)C(N2Cc3c(N)cccc3C2=O)C1[2H]. The fraction of sp³-hybridized carbons (Fsp3) is 0.308. The zero-order valence-electron chi connectivity index (χ0n) is 11.9. The molecule has 0 radical (unpaired) electrons. The number of nitrogens with one attached hydrogen (secondary N) is 1. The number of nitrogens with zero attached hydrogens (tertiary/aromatic N) is 1. The van der Waals surface area contributed by atoms with Gasteiger partial charge in [0.2, 0.25) is 11.8 Å². The van der Waals surface area contributed by atoms with Crippen LogP contribution in [0.4, 0.5) is 5.69 Å². The van der Waals surface area contributed by atoms with Gasteiger partial charge in [0, 0.05) is 32.5 Å². The van der Waals surface area contributed by atoms with Crippen LogP contribution in [0, 0.1) is 0 Å². The Morgan fingerprint density at radius 1 is 1.37 bits per heavy atom. The molecular weight excluding hydrogens is 246 g/mol. The highest BCUT2D eigenvalue weighted by Gasteiger charge is 2.39. The monoisotopic (exact) mass is 261 g/mol. The van der Waals surface area contributed by atoms with Gasteiger partial charge < -0.3 is 10.6 Å². The molecule has 19 heavy (non-hydrogen) atoms. The molecule has 98 valence electrons. The summed E-state index contributed by atoms with van der Waals surface area (Å²) in [5, 5.41) is 2.04. The van der Waals surface area contributed by atoms with Gasteiger partial charge in [-0.1, -0.05) is 6.07 Å². The summed E-state index contributed by atoms with van der Waals surface area (Å²) < 4.78 is 15.5. The second-order valence-electron chi connectivity index (χ2n) is 4.46. The second-order valence-corrected chi connectivity index (χ2v) is 4.46. The van der Waals surface area contributed by atoms with E-state index < -0.39 is 36.6 Å². The van der Waals surface area contributed by atoms with Crippen molar-refractivity contribution in [2.24, 2.45) is 0 Å². The first-order valence-corrected chi connectivity index (χ1v) is 5.79. The van der Waals surface area contributed by atoms with E-state index in [9.17, 15) is 14.4 Å². The van der Waals surface area contributed by atoms with Crippen molar-refractivity contribution in [3.63, 3.8) is 0 Å². The molecule has 3 rings (SSSR count). The summed E-state index contributed by atoms with van der Waals surface area (Å²) >= 11 is 0. The fourth-order valence-corrected chi connectivity index (χ4v) is 2.35. The van der Waals surface area contributed by atoms with Gasteiger partial charge >= 0.3 is 0 Å². The zero-order chi connectivity index (χ0) is 15.3. The average molecular weight is 261 g/mol. The van der Waals surface area contributed by atoms with E-state index in [-0.39, 0.29) is 6.54 Å². The third-order valence-electron chi connectivity index (χ3n) is 3.31. The standard InChI is InChI=1S/C13H13N3O3/c14-9-3-1-2-7-8(9)6-16(13(7)19)10-4-5-11(17)15-12(10)18/h1-3,10H,4-6,14H2,(H,15,17,18)/i4D,5D. The molecule has 0 aliphatic carbocycles. The molecule has 3 amide bonds. The lowest BCUT2D eigenvalue weighted by atomic mass is 10.0. The summed E-state index contributed by atoms with van der Waals surface area (Å²) in [6.45, 7) is 0.106. The Bertz CT molecular complexity index is 664. The summed E-state index contributed by atoms with van der Waals surface area (Å²) in [5.41, 5.74) is 7.28. The van der Waals surface area contributed by atoms with Crippen molar-refractivity contribution >= 4 is 23.4 Å². The molecule has 3 unspecified atom stereocenters. The maximum absolute atomic E-state index is 12.4. The van der Waals surface area contributed by atoms with Crippen LogP contribution >= 0.6 is 0 Å². The van der Waals surface area contributed by atoms with Crippen molar-refractivity contribution in [2.75, 3.05) is 5.73 Å². The lowest BCUT2D eigenvalue weighted by molar-refractivity contribution is -0.136. The Labute approximate surface area is 112 Å². The minimum absolute atomic E-state index is 0.106. The number of amides is 3. The van der Waals surface area contributed by atoms with Gasteiger partial charge in [0.15, 0.2) is 0 Å². The molecule has 6 heteroatoms. The van der Waals surface area contributed by atoms with Crippen LogP contribution in [0.3, 0.4) is 0 Å². The molecule has 1 fully saturated rings. The number of hydrogen-bond acceptors (Lipinski definition) is 4. The molecule has 3 atom stereocenters. The number of rotatable bonds is 1. The number of nitrogens with two attached hydrogens (primary N) is 1. The van der Waals surface area contributed by atoms with E-state index in [0.29, 0.717) is 16.8 Å². The molecule has 0 saturated carbocycles. The van der Waals surface area contributed by atoms with Crippen LogP contribution in [0.2, 0.25) is 0 Å². The van der Waals surface area contributed by atoms with Crippen LogP contribution in [-0.2, 0) is 16.1 Å². The molecule has 1 aromatic rings. The Balaban J connectivity index is 1.96. The van der Waals surface area contributed by atoms with Gasteiger partial charge in [0.05, 0.1) is 0 Å². The number of piperidine rings is 1. The Morgan fingerprint density at radius 2 is 2.16 bits per heavy atom. The maximum Gasteiger partial charge on any atom is 0.255 e. The van der Waals surface area contributed by atoms with Gasteiger partial charge in [-0.15, -0.1) is 0 Å². The second kappa shape index (κ2) is 4.08. The maximum atomic E-state index is 12.4. The molecule has 2 aliphatic rings. The molecule has 6 nitrogen and oxygen atoms in total. The van der Waals surface area contributed by atoms with Crippen molar-refractivity contribution in [3.8, 4) is 0 Å². The lowest BCUT2D eigenvalue weighted by Gasteiger charge is -2.29. The van der Waals surface area contributed by atoms with Crippen LogP contribution < -0.4 is 11.1 Å². The molecule has 0 spiro atoms. The van der Waals surface area contributed by atoms with Gasteiger partial charge in [0.1, 0.15) is 6.04 Å². The van der Waals surface area contributed by atoms with Crippen molar-refractivity contribution in [1.29, 1.82) is 0 Å². The third kappa shape index (κ3) is 1.76. The van der Waals surface area contributed by atoms with Gasteiger partial charge in [0.25, 0.3) is 5.91 Å². The Morgan fingerprint density at radius 3 is 2.89 bits per heavy atom. The van der Waals surface area contributed by atoms with E-state index >= 15 is 0 Å². The van der Waals surface area contributed by atoms with E-state index in [2.05, 4.69) is 0 Å². The predicted molar refractivity (Wildman–Crippen MR) is 66.9 cm³/mol. The molecular formula is C13H13N3O3.